The molecule has 1 aromatic rings. The zero-order valence-corrected chi connectivity index (χ0v) is 9.74. The van der Waals surface area contributed by atoms with Gasteiger partial charge in [0, 0.05) is 13.2 Å². The Kier molecular flexibility index (Phi) is 5.14. The maximum absolute atomic E-state index is 11.5. The molecule has 1 rings (SSSR count). The fraction of sp³-hybridized carbons (Fsp3) is 0.500. The normalized spacial score (nSPS) is 12.2. The lowest BCUT2D eigenvalue weighted by Crippen LogP contribution is -2.29. The summed E-state index contributed by atoms with van der Waals surface area (Å²) in [6.45, 7) is 2.57. The molecule has 0 aliphatic rings. The molecule has 5 nitrogen and oxygen atoms in total. The van der Waals surface area contributed by atoms with Gasteiger partial charge in [-0.3, -0.25) is 4.79 Å². The van der Waals surface area contributed by atoms with Crippen molar-refractivity contribution in [3.8, 4) is 0 Å². The summed E-state index contributed by atoms with van der Waals surface area (Å²) in [5, 5.41) is 11.7. The number of rotatable bonds is 5. The molecule has 0 bridgehead atoms. The van der Waals surface area contributed by atoms with Crippen LogP contribution in [-0.2, 0) is 0 Å². The van der Waals surface area contributed by atoms with E-state index >= 15 is 0 Å². The molecule has 16 heavy (non-hydrogen) atoms. The predicted molar refractivity (Wildman–Crippen MR) is 60.2 cm³/mol. The van der Waals surface area contributed by atoms with Crippen LogP contribution in [0.5, 0.6) is 0 Å². The van der Waals surface area contributed by atoms with Crippen molar-refractivity contribution < 1.29 is 9.90 Å². The lowest BCUT2D eigenvalue weighted by molar-refractivity contribution is 0.0940. The number of hydrogen-bond donors (Lipinski definition) is 2. The Morgan fingerprint density at radius 2 is 2.31 bits per heavy atom. The number of aliphatic hydroxyl groups excluding tert-OH is 1. The smallest absolute Gasteiger partial charge is 0.271 e. The molecule has 0 aliphatic carbocycles. The fourth-order valence-electron chi connectivity index (χ4n) is 1.11. The van der Waals surface area contributed by atoms with Crippen LogP contribution in [0.1, 0.15) is 23.8 Å². The van der Waals surface area contributed by atoms with Crippen LogP contribution in [0.25, 0.3) is 0 Å². The van der Waals surface area contributed by atoms with Crippen molar-refractivity contribution in [1.82, 2.24) is 15.3 Å². The summed E-state index contributed by atoms with van der Waals surface area (Å²) < 4.78 is 0. The quantitative estimate of drug-likeness (QED) is 0.805. The van der Waals surface area contributed by atoms with E-state index in [1.165, 1.54) is 12.4 Å². The zero-order chi connectivity index (χ0) is 12.0. The number of carbonyl (C=O) groups is 1. The van der Waals surface area contributed by atoms with E-state index in [1.807, 2.05) is 6.92 Å². The summed E-state index contributed by atoms with van der Waals surface area (Å²) in [7, 11) is 0. The first-order valence-electron chi connectivity index (χ1n) is 5.00. The second-order valence-electron chi connectivity index (χ2n) is 3.55. The Morgan fingerprint density at radius 1 is 1.56 bits per heavy atom. The van der Waals surface area contributed by atoms with Gasteiger partial charge in [-0.1, -0.05) is 18.5 Å². The molecule has 88 valence electrons. The minimum atomic E-state index is -0.283. The van der Waals surface area contributed by atoms with Gasteiger partial charge in [-0.2, -0.15) is 0 Å². The van der Waals surface area contributed by atoms with Crippen molar-refractivity contribution in [2.24, 2.45) is 5.92 Å². The van der Waals surface area contributed by atoms with Gasteiger partial charge in [0.15, 0.2) is 0 Å². The van der Waals surface area contributed by atoms with Gasteiger partial charge >= 0.3 is 0 Å². The molecule has 0 spiro atoms. The third-order valence-electron chi connectivity index (χ3n) is 2.09. The van der Waals surface area contributed by atoms with E-state index < -0.39 is 0 Å². The molecule has 2 N–H and O–H groups in total. The minimum absolute atomic E-state index is 0.123. The summed E-state index contributed by atoms with van der Waals surface area (Å²) in [5.74, 6) is -0.0526. The molecule has 0 aliphatic heterocycles. The van der Waals surface area contributed by atoms with Gasteiger partial charge < -0.3 is 10.4 Å². The predicted octanol–water partition coefficient (Wildman–Crippen LogP) is 0.878. The molecule has 0 saturated heterocycles. The number of nitrogens with zero attached hydrogens (tertiary/aromatic N) is 2. The molecule has 6 heteroatoms. The highest BCUT2D eigenvalue weighted by molar-refractivity contribution is 6.29. The first kappa shape index (κ1) is 12.9. The van der Waals surface area contributed by atoms with Gasteiger partial charge in [0.05, 0.1) is 12.4 Å². The van der Waals surface area contributed by atoms with Crippen LogP contribution in [0, 0.1) is 5.92 Å². The van der Waals surface area contributed by atoms with Crippen molar-refractivity contribution in [3.05, 3.63) is 23.2 Å². The van der Waals surface area contributed by atoms with Crippen LogP contribution >= 0.6 is 11.6 Å². The van der Waals surface area contributed by atoms with Gasteiger partial charge in [0.2, 0.25) is 0 Å². The number of nitrogens with one attached hydrogen (secondary N) is 1. The van der Waals surface area contributed by atoms with Crippen molar-refractivity contribution in [2.45, 2.75) is 13.3 Å². The van der Waals surface area contributed by atoms with E-state index in [0.717, 1.165) is 0 Å². The highest BCUT2D eigenvalue weighted by Crippen LogP contribution is 2.02. The standard InChI is InChI=1S/C10H14ClN3O2/c1-7(2-3-15)4-14-10(16)8-5-13-9(11)6-12-8/h5-7,15H,2-4H2,1H3,(H,14,16). The number of aromatic nitrogens is 2. The molecule has 1 atom stereocenters. The summed E-state index contributed by atoms with van der Waals surface area (Å²) in [6.07, 6.45) is 3.31. The highest BCUT2D eigenvalue weighted by Gasteiger charge is 2.09. The van der Waals surface area contributed by atoms with Crippen LogP contribution in [0.3, 0.4) is 0 Å². The number of hydrogen-bond acceptors (Lipinski definition) is 4. The summed E-state index contributed by atoms with van der Waals surface area (Å²) in [4.78, 5) is 19.2. The van der Waals surface area contributed by atoms with Crippen LogP contribution in [0.4, 0.5) is 0 Å². The van der Waals surface area contributed by atoms with Crippen LogP contribution < -0.4 is 5.32 Å². The molecule has 0 aromatic carbocycles. The SMILES string of the molecule is CC(CCO)CNC(=O)c1cnc(Cl)cn1. The lowest BCUT2D eigenvalue weighted by atomic mass is 10.1. The third kappa shape index (κ3) is 4.12. The molecule has 1 amide bonds. The van der Waals surface area contributed by atoms with E-state index in [0.29, 0.717) is 13.0 Å². The molecular weight excluding hydrogens is 230 g/mol. The topological polar surface area (TPSA) is 75.1 Å². The highest BCUT2D eigenvalue weighted by atomic mass is 35.5. The second-order valence-corrected chi connectivity index (χ2v) is 3.94. The van der Waals surface area contributed by atoms with Crippen LogP contribution in [0.2, 0.25) is 5.15 Å². The number of carbonyl (C=O) groups excluding carboxylic acids is 1. The van der Waals surface area contributed by atoms with E-state index in [2.05, 4.69) is 15.3 Å². The zero-order valence-electron chi connectivity index (χ0n) is 8.98. The van der Waals surface area contributed by atoms with E-state index in [9.17, 15) is 4.79 Å². The monoisotopic (exact) mass is 243 g/mol. The first-order chi connectivity index (χ1) is 7.63. The fourth-order valence-corrected chi connectivity index (χ4v) is 1.21. The van der Waals surface area contributed by atoms with Gasteiger partial charge in [0.25, 0.3) is 5.91 Å². The van der Waals surface area contributed by atoms with Gasteiger partial charge in [-0.25, -0.2) is 9.97 Å². The third-order valence-corrected chi connectivity index (χ3v) is 2.28. The van der Waals surface area contributed by atoms with Gasteiger partial charge in [-0.15, -0.1) is 0 Å². The number of aliphatic hydroxyl groups is 1. The van der Waals surface area contributed by atoms with Crippen molar-refractivity contribution in [3.63, 3.8) is 0 Å². The molecule has 1 heterocycles. The second kappa shape index (κ2) is 6.40. The largest absolute Gasteiger partial charge is 0.396 e. The number of halogens is 1. The van der Waals surface area contributed by atoms with Gasteiger partial charge in [0.1, 0.15) is 10.8 Å². The Labute approximate surface area is 98.9 Å². The Balaban J connectivity index is 2.43. The average molecular weight is 244 g/mol. The minimum Gasteiger partial charge on any atom is -0.396 e. The lowest BCUT2D eigenvalue weighted by Gasteiger charge is -2.10. The van der Waals surface area contributed by atoms with Crippen LogP contribution in [-0.4, -0.2) is 34.1 Å². The molecule has 1 aromatic heterocycles. The van der Waals surface area contributed by atoms with E-state index in [-0.39, 0.29) is 29.3 Å². The van der Waals surface area contributed by atoms with Crippen molar-refractivity contribution in [2.75, 3.05) is 13.2 Å². The summed E-state index contributed by atoms with van der Waals surface area (Å²) >= 11 is 5.55. The van der Waals surface area contributed by atoms with E-state index in [1.54, 1.807) is 0 Å². The van der Waals surface area contributed by atoms with Crippen molar-refractivity contribution >= 4 is 17.5 Å². The maximum Gasteiger partial charge on any atom is 0.271 e. The average Bonchev–Trinajstić information content (AvgIpc) is 2.27. The summed E-state index contributed by atoms with van der Waals surface area (Å²) in [5.41, 5.74) is 0.237. The molecule has 1 unspecified atom stereocenters. The molecule has 0 saturated carbocycles. The molecular formula is C10H14ClN3O2. The molecule has 0 fully saturated rings. The van der Waals surface area contributed by atoms with Gasteiger partial charge in [-0.05, 0) is 12.3 Å². The molecule has 0 radical (unpaired) electrons. The Hall–Kier alpha value is -1.20. The maximum atomic E-state index is 11.5. The van der Waals surface area contributed by atoms with Crippen LogP contribution in [0.15, 0.2) is 12.4 Å². The first-order valence-corrected chi connectivity index (χ1v) is 5.38. The van der Waals surface area contributed by atoms with E-state index in [4.69, 9.17) is 16.7 Å². The Bertz CT molecular complexity index is 342. The Morgan fingerprint density at radius 3 is 2.88 bits per heavy atom. The van der Waals surface area contributed by atoms with Crippen molar-refractivity contribution in [1.29, 1.82) is 0 Å². The number of amides is 1. The summed E-state index contributed by atoms with van der Waals surface area (Å²) in [6, 6.07) is 0.